The number of hydrogen-bond donors (Lipinski definition) is 2. The first-order valence-corrected chi connectivity index (χ1v) is 8.44. The second-order valence-corrected chi connectivity index (χ2v) is 6.71. The average molecular weight is 352 g/mol. The molecule has 1 aromatic carbocycles. The van der Waals surface area contributed by atoms with Gasteiger partial charge in [-0.05, 0) is 18.2 Å². The van der Waals surface area contributed by atoms with E-state index in [1.807, 2.05) is 0 Å². The van der Waals surface area contributed by atoms with E-state index in [0.717, 1.165) is 21.8 Å². The molecular formula is C12H12N6O5S. The van der Waals surface area contributed by atoms with Crippen LogP contribution in [0.25, 0.3) is 11.1 Å². The van der Waals surface area contributed by atoms with Gasteiger partial charge in [0.2, 0.25) is 10.0 Å². The van der Waals surface area contributed by atoms with Gasteiger partial charge in [-0.15, -0.1) is 5.10 Å². The van der Waals surface area contributed by atoms with E-state index in [2.05, 4.69) is 14.9 Å². The first-order chi connectivity index (χ1) is 11.2. The molecule has 0 radical (unpaired) electrons. The van der Waals surface area contributed by atoms with E-state index in [9.17, 15) is 18.0 Å². The number of nitrogen functional groups attached to an aromatic ring is 1. The Morgan fingerprint density at radius 3 is 2.88 bits per heavy atom. The summed E-state index contributed by atoms with van der Waals surface area (Å²) in [4.78, 5) is 25.2. The summed E-state index contributed by atoms with van der Waals surface area (Å²) >= 11 is 0. The molecule has 3 N–H and O–H groups in total. The van der Waals surface area contributed by atoms with Crippen molar-refractivity contribution >= 4 is 38.5 Å². The molecule has 0 fully saturated rings. The van der Waals surface area contributed by atoms with E-state index in [0.29, 0.717) is 5.69 Å². The van der Waals surface area contributed by atoms with Gasteiger partial charge in [0.1, 0.15) is 12.1 Å². The SMILES string of the molecule is CS(=O)(=O)Nc1cnn(CC(=O)n2c(=O)oc3ccc(N)cc32)n1. The molecule has 2 heterocycles. The van der Waals surface area contributed by atoms with Crippen LogP contribution in [0.1, 0.15) is 4.79 Å². The van der Waals surface area contributed by atoms with Crippen LogP contribution in [0.2, 0.25) is 0 Å². The molecule has 0 atom stereocenters. The number of rotatable bonds is 4. The Morgan fingerprint density at radius 2 is 2.17 bits per heavy atom. The van der Waals surface area contributed by atoms with Crippen LogP contribution < -0.4 is 16.2 Å². The Labute approximate surface area is 134 Å². The molecule has 0 aliphatic heterocycles. The minimum atomic E-state index is -3.51. The number of hydrogen-bond acceptors (Lipinski definition) is 8. The number of aromatic nitrogens is 4. The summed E-state index contributed by atoms with van der Waals surface area (Å²) in [5, 5.41) is 7.56. The molecule has 0 unspecified atom stereocenters. The van der Waals surface area contributed by atoms with E-state index >= 15 is 0 Å². The summed E-state index contributed by atoms with van der Waals surface area (Å²) in [5.74, 6) is -1.56. The van der Waals surface area contributed by atoms with Crippen LogP contribution in [0.3, 0.4) is 0 Å². The highest BCUT2D eigenvalue weighted by atomic mass is 32.2. The van der Waals surface area contributed by atoms with Crippen LogP contribution in [0.15, 0.2) is 33.6 Å². The molecule has 0 aliphatic carbocycles. The molecule has 2 aromatic heterocycles. The van der Waals surface area contributed by atoms with Crippen molar-refractivity contribution in [3.8, 4) is 0 Å². The molecule has 0 spiro atoms. The Morgan fingerprint density at radius 1 is 1.42 bits per heavy atom. The van der Waals surface area contributed by atoms with Gasteiger partial charge in [-0.25, -0.2) is 17.8 Å². The summed E-state index contributed by atoms with van der Waals surface area (Å²) in [7, 11) is -3.51. The number of nitrogens with two attached hydrogens (primary N) is 1. The molecule has 3 rings (SSSR count). The minimum absolute atomic E-state index is 0.0426. The van der Waals surface area contributed by atoms with Crippen LogP contribution in [-0.2, 0) is 16.6 Å². The second-order valence-electron chi connectivity index (χ2n) is 4.96. The zero-order valence-electron chi connectivity index (χ0n) is 12.3. The fourth-order valence-electron chi connectivity index (χ4n) is 2.07. The van der Waals surface area contributed by atoms with Gasteiger partial charge in [0, 0.05) is 5.69 Å². The van der Waals surface area contributed by atoms with Gasteiger partial charge in [-0.1, -0.05) is 0 Å². The van der Waals surface area contributed by atoms with Crippen molar-refractivity contribution in [2.45, 2.75) is 6.54 Å². The third-order valence-electron chi connectivity index (χ3n) is 2.96. The van der Waals surface area contributed by atoms with Gasteiger partial charge in [-0.2, -0.15) is 9.90 Å². The fourth-order valence-corrected chi connectivity index (χ4v) is 2.55. The van der Waals surface area contributed by atoms with E-state index in [-0.39, 0.29) is 16.9 Å². The maximum absolute atomic E-state index is 12.3. The number of benzene rings is 1. The Bertz CT molecular complexity index is 1090. The second kappa shape index (κ2) is 5.49. The number of sulfonamides is 1. The van der Waals surface area contributed by atoms with Crippen molar-refractivity contribution in [1.82, 2.24) is 19.6 Å². The number of nitrogens with one attached hydrogen (secondary N) is 1. The topological polar surface area (TPSA) is 155 Å². The lowest BCUT2D eigenvalue weighted by atomic mass is 10.3. The third-order valence-corrected chi connectivity index (χ3v) is 3.54. The number of carbonyl (C=O) groups excluding carboxylic acids is 1. The highest BCUT2D eigenvalue weighted by molar-refractivity contribution is 7.92. The molecular weight excluding hydrogens is 340 g/mol. The fraction of sp³-hybridized carbons (Fsp3) is 0.167. The molecule has 11 nitrogen and oxygen atoms in total. The summed E-state index contributed by atoms with van der Waals surface area (Å²) in [6.45, 7) is -0.394. The molecule has 12 heteroatoms. The number of oxazole rings is 1. The normalized spacial score (nSPS) is 11.7. The number of anilines is 2. The van der Waals surface area contributed by atoms with Crippen molar-refractivity contribution in [2.75, 3.05) is 16.7 Å². The summed E-state index contributed by atoms with van der Waals surface area (Å²) < 4.78 is 30.1. The molecule has 0 bridgehead atoms. The van der Waals surface area contributed by atoms with E-state index in [1.54, 1.807) is 0 Å². The van der Waals surface area contributed by atoms with E-state index in [1.165, 1.54) is 18.2 Å². The summed E-state index contributed by atoms with van der Waals surface area (Å²) in [6.07, 6.45) is 2.10. The lowest BCUT2D eigenvalue weighted by molar-refractivity contribution is 0.0877. The van der Waals surface area contributed by atoms with Crippen LogP contribution in [0.5, 0.6) is 0 Å². The Kier molecular flexibility index (Phi) is 3.60. The summed E-state index contributed by atoms with van der Waals surface area (Å²) in [5.41, 5.74) is 6.46. The third kappa shape index (κ3) is 3.12. The van der Waals surface area contributed by atoms with Crippen molar-refractivity contribution in [3.05, 3.63) is 34.9 Å². The monoisotopic (exact) mass is 352 g/mol. The zero-order valence-corrected chi connectivity index (χ0v) is 13.1. The van der Waals surface area contributed by atoms with Gasteiger partial charge in [0.25, 0.3) is 5.91 Å². The maximum Gasteiger partial charge on any atom is 0.426 e. The molecule has 0 saturated heterocycles. The predicted molar refractivity (Wildman–Crippen MR) is 84.0 cm³/mol. The van der Waals surface area contributed by atoms with E-state index < -0.39 is 28.2 Å². The van der Waals surface area contributed by atoms with Gasteiger partial charge in [0.15, 0.2) is 11.4 Å². The molecule has 3 aromatic rings. The van der Waals surface area contributed by atoms with Crippen LogP contribution in [0, 0.1) is 0 Å². The molecule has 0 aliphatic rings. The van der Waals surface area contributed by atoms with Gasteiger partial charge in [0.05, 0.1) is 12.5 Å². The maximum atomic E-state index is 12.3. The lowest BCUT2D eigenvalue weighted by Crippen LogP contribution is -2.27. The van der Waals surface area contributed by atoms with Crippen LogP contribution >= 0.6 is 0 Å². The zero-order chi connectivity index (χ0) is 17.5. The standard InChI is InChI=1S/C12H12N6O5S/c1-24(21,22)16-10-5-14-17(15-10)6-11(19)18-8-4-7(13)2-3-9(8)23-12(18)20/h2-5H,6,13H2,1H3,(H,15,16). The molecule has 126 valence electrons. The molecule has 0 saturated carbocycles. The van der Waals surface area contributed by atoms with Crippen LogP contribution in [0.4, 0.5) is 11.5 Å². The lowest BCUT2D eigenvalue weighted by Gasteiger charge is -2.01. The van der Waals surface area contributed by atoms with E-state index in [4.69, 9.17) is 10.2 Å². The predicted octanol–water partition coefficient (Wildman–Crippen LogP) is -0.520. The highest BCUT2D eigenvalue weighted by Crippen LogP contribution is 2.16. The van der Waals surface area contributed by atoms with Gasteiger partial charge < -0.3 is 10.2 Å². The first kappa shape index (κ1) is 15.7. The highest BCUT2D eigenvalue weighted by Gasteiger charge is 2.18. The van der Waals surface area contributed by atoms with Gasteiger partial charge in [-0.3, -0.25) is 9.52 Å². The molecule has 24 heavy (non-hydrogen) atoms. The Balaban J connectivity index is 1.90. The number of carbonyl (C=O) groups is 1. The van der Waals surface area contributed by atoms with Crippen molar-refractivity contribution in [2.24, 2.45) is 0 Å². The Hall–Kier alpha value is -3.15. The van der Waals surface area contributed by atoms with Crippen molar-refractivity contribution < 1.29 is 17.6 Å². The summed E-state index contributed by atoms with van der Waals surface area (Å²) in [6, 6.07) is 4.46. The number of nitrogens with zero attached hydrogens (tertiary/aromatic N) is 4. The van der Waals surface area contributed by atoms with Crippen molar-refractivity contribution in [3.63, 3.8) is 0 Å². The minimum Gasteiger partial charge on any atom is -0.407 e. The van der Waals surface area contributed by atoms with Crippen LogP contribution in [-0.4, -0.2) is 40.1 Å². The average Bonchev–Trinajstić information content (AvgIpc) is 2.99. The van der Waals surface area contributed by atoms with Crippen molar-refractivity contribution in [1.29, 1.82) is 0 Å². The largest absolute Gasteiger partial charge is 0.426 e. The molecule has 0 amide bonds. The quantitative estimate of drug-likeness (QED) is 0.594. The first-order valence-electron chi connectivity index (χ1n) is 6.55. The smallest absolute Gasteiger partial charge is 0.407 e. The number of fused-ring (bicyclic) bond motifs is 1. The van der Waals surface area contributed by atoms with Gasteiger partial charge >= 0.3 is 5.76 Å².